The maximum atomic E-state index is 12.6. The summed E-state index contributed by atoms with van der Waals surface area (Å²) >= 11 is 0. The largest absolute Gasteiger partial charge is 0.416 e. The highest BCUT2D eigenvalue weighted by molar-refractivity contribution is 5.90. The molecule has 0 unspecified atom stereocenters. The smallest absolute Gasteiger partial charge is 0.341 e. The van der Waals surface area contributed by atoms with Crippen LogP contribution in [0.4, 0.5) is 13.2 Å². The van der Waals surface area contributed by atoms with E-state index in [1.165, 1.54) is 17.0 Å². The van der Waals surface area contributed by atoms with Gasteiger partial charge in [0.1, 0.15) is 0 Å². The van der Waals surface area contributed by atoms with Crippen LogP contribution < -0.4 is 0 Å². The molecule has 0 atom stereocenters. The summed E-state index contributed by atoms with van der Waals surface area (Å²) in [6.07, 6.45) is -4.10. The number of carbonyl (C=O) groups excluding carboxylic acids is 1. The number of fused-ring (bicyclic) bond motifs is 1. The molecule has 1 amide bonds. The van der Waals surface area contributed by atoms with E-state index < -0.39 is 11.7 Å². The van der Waals surface area contributed by atoms with E-state index in [2.05, 4.69) is 0 Å². The maximum Gasteiger partial charge on any atom is 0.416 e. The molecule has 26 heavy (non-hydrogen) atoms. The van der Waals surface area contributed by atoms with Gasteiger partial charge in [-0.3, -0.25) is 4.79 Å². The minimum Gasteiger partial charge on any atom is -0.341 e. The van der Waals surface area contributed by atoms with Crippen molar-refractivity contribution in [2.24, 2.45) is 0 Å². The zero-order valence-corrected chi connectivity index (χ0v) is 14.3. The van der Waals surface area contributed by atoms with E-state index in [-0.39, 0.29) is 18.9 Å². The molecule has 0 saturated carbocycles. The normalized spacial score (nSPS) is 11.5. The lowest BCUT2D eigenvalue weighted by Crippen LogP contribution is -2.27. The fourth-order valence-electron chi connectivity index (χ4n) is 2.91. The van der Waals surface area contributed by atoms with Crippen molar-refractivity contribution in [3.63, 3.8) is 0 Å². The summed E-state index contributed by atoms with van der Waals surface area (Å²) in [7, 11) is 1.66. The first-order valence-corrected chi connectivity index (χ1v) is 8.21. The Bertz CT molecular complexity index is 911. The van der Waals surface area contributed by atoms with E-state index in [0.29, 0.717) is 5.56 Å². The first kappa shape index (κ1) is 18.0. The van der Waals surface area contributed by atoms with E-state index in [0.717, 1.165) is 28.5 Å². The Labute approximate surface area is 149 Å². The lowest BCUT2D eigenvalue weighted by atomic mass is 10.0. The molecule has 0 aliphatic rings. The molecule has 0 bridgehead atoms. The van der Waals surface area contributed by atoms with Crippen LogP contribution in [0.15, 0.2) is 66.7 Å². The van der Waals surface area contributed by atoms with Gasteiger partial charge in [-0.15, -0.1) is 0 Å². The van der Waals surface area contributed by atoms with Gasteiger partial charge >= 0.3 is 6.18 Å². The second-order valence-corrected chi connectivity index (χ2v) is 6.26. The minimum absolute atomic E-state index is 0.0822. The molecule has 5 heteroatoms. The van der Waals surface area contributed by atoms with Crippen molar-refractivity contribution in [1.29, 1.82) is 0 Å². The molecule has 0 spiro atoms. The molecule has 134 valence electrons. The van der Waals surface area contributed by atoms with Crippen molar-refractivity contribution < 1.29 is 18.0 Å². The number of nitrogens with zero attached hydrogens (tertiary/aromatic N) is 1. The maximum absolute atomic E-state index is 12.6. The van der Waals surface area contributed by atoms with Gasteiger partial charge in [-0.05, 0) is 34.0 Å². The SMILES string of the molecule is CN(Cc1ccc(C(F)(F)F)cc1)C(=O)Cc1cccc2ccccc12. The summed E-state index contributed by atoms with van der Waals surface area (Å²) in [4.78, 5) is 14.1. The zero-order valence-electron chi connectivity index (χ0n) is 14.3. The standard InChI is InChI=1S/C21H18F3NO/c1-25(14-15-9-11-18(12-10-15)21(22,23)24)20(26)13-17-7-4-6-16-5-2-3-8-19(16)17/h2-12H,13-14H2,1H3. The predicted octanol–water partition coefficient (Wildman–Crippen LogP) is 5.06. The van der Waals surface area contributed by atoms with Crippen LogP contribution in [-0.4, -0.2) is 17.9 Å². The van der Waals surface area contributed by atoms with E-state index >= 15 is 0 Å². The third kappa shape index (κ3) is 4.04. The van der Waals surface area contributed by atoms with Crippen molar-refractivity contribution in [3.05, 3.63) is 83.4 Å². The number of carbonyl (C=O) groups is 1. The lowest BCUT2D eigenvalue weighted by molar-refractivity contribution is -0.137. The molecule has 0 aliphatic carbocycles. The number of hydrogen-bond donors (Lipinski definition) is 0. The van der Waals surface area contributed by atoms with E-state index in [9.17, 15) is 18.0 Å². The molecular weight excluding hydrogens is 339 g/mol. The summed E-state index contributed by atoms with van der Waals surface area (Å²) in [6, 6.07) is 18.6. The van der Waals surface area contributed by atoms with Gasteiger partial charge in [-0.2, -0.15) is 13.2 Å². The zero-order chi connectivity index (χ0) is 18.7. The van der Waals surface area contributed by atoms with Crippen molar-refractivity contribution >= 4 is 16.7 Å². The van der Waals surface area contributed by atoms with Crippen LogP contribution in [0.1, 0.15) is 16.7 Å². The molecule has 0 fully saturated rings. The van der Waals surface area contributed by atoms with Crippen LogP contribution >= 0.6 is 0 Å². The Kier molecular flexibility index (Phi) is 4.98. The first-order chi connectivity index (χ1) is 12.3. The van der Waals surface area contributed by atoms with Gasteiger partial charge in [0.2, 0.25) is 5.91 Å². The average molecular weight is 357 g/mol. The summed E-state index contributed by atoms with van der Waals surface area (Å²) in [5.74, 6) is -0.0822. The fourth-order valence-corrected chi connectivity index (χ4v) is 2.91. The summed E-state index contributed by atoms with van der Waals surface area (Å²) < 4.78 is 37.8. The highest BCUT2D eigenvalue weighted by atomic mass is 19.4. The highest BCUT2D eigenvalue weighted by Crippen LogP contribution is 2.29. The highest BCUT2D eigenvalue weighted by Gasteiger charge is 2.30. The van der Waals surface area contributed by atoms with Crippen molar-refractivity contribution in [2.75, 3.05) is 7.05 Å². The van der Waals surface area contributed by atoms with Gasteiger partial charge in [-0.25, -0.2) is 0 Å². The van der Waals surface area contributed by atoms with Gasteiger partial charge in [0.15, 0.2) is 0 Å². The average Bonchev–Trinajstić information content (AvgIpc) is 2.61. The minimum atomic E-state index is -4.35. The Morgan fingerprint density at radius 3 is 2.27 bits per heavy atom. The van der Waals surface area contributed by atoms with Crippen LogP contribution in [-0.2, 0) is 23.9 Å². The molecule has 0 heterocycles. The van der Waals surface area contributed by atoms with Gasteiger partial charge in [0.05, 0.1) is 12.0 Å². The third-order valence-corrected chi connectivity index (χ3v) is 4.35. The molecule has 0 saturated heterocycles. The molecule has 3 rings (SSSR count). The number of halogens is 3. The summed E-state index contributed by atoms with van der Waals surface area (Å²) in [5, 5.41) is 2.11. The Morgan fingerprint density at radius 1 is 0.923 bits per heavy atom. The number of likely N-dealkylation sites (N-methyl/N-ethyl adjacent to an activating group) is 1. The molecule has 0 aliphatic heterocycles. The predicted molar refractivity (Wildman–Crippen MR) is 95.6 cm³/mol. The van der Waals surface area contributed by atoms with Crippen molar-refractivity contribution in [1.82, 2.24) is 4.90 Å². The second kappa shape index (κ2) is 7.20. The first-order valence-electron chi connectivity index (χ1n) is 8.21. The Hall–Kier alpha value is -2.82. The molecule has 3 aromatic rings. The van der Waals surface area contributed by atoms with E-state index in [4.69, 9.17) is 0 Å². The number of rotatable bonds is 4. The van der Waals surface area contributed by atoms with Crippen LogP contribution in [0.5, 0.6) is 0 Å². The second-order valence-electron chi connectivity index (χ2n) is 6.26. The molecular formula is C21H18F3NO. The van der Waals surface area contributed by atoms with E-state index in [1.54, 1.807) is 7.05 Å². The number of alkyl halides is 3. The third-order valence-electron chi connectivity index (χ3n) is 4.35. The van der Waals surface area contributed by atoms with Gasteiger partial charge in [-0.1, -0.05) is 54.6 Å². The molecule has 0 aromatic heterocycles. The van der Waals surface area contributed by atoms with Crippen LogP contribution in [0, 0.1) is 0 Å². The monoisotopic (exact) mass is 357 g/mol. The fraction of sp³-hybridized carbons (Fsp3) is 0.190. The van der Waals surface area contributed by atoms with Gasteiger partial charge in [0, 0.05) is 13.6 Å². The van der Waals surface area contributed by atoms with E-state index in [1.807, 2.05) is 42.5 Å². The Morgan fingerprint density at radius 2 is 1.58 bits per heavy atom. The number of hydrogen-bond acceptors (Lipinski definition) is 1. The van der Waals surface area contributed by atoms with Crippen LogP contribution in [0.25, 0.3) is 10.8 Å². The van der Waals surface area contributed by atoms with Crippen LogP contribution in [0.3, 0.4) is 0 Å². The van der Waals surface area contributed by atoms with Crippen LogP contribution in [0.2, 0.25) is 0 Å². The topological polar surface area (TPSA) is 20.3 Å². The molecule has 2 nitrogen and oxygen atoms in total. The number of benzene rings is 3. The summed E-state index contributed by atoms with van der Waals surface area (Å²) in [5.41, 5.74) is 0.908. The molecule has 3 aromatic carbocycles. The van der Waals surface area contributed by atoms with Gasteiger partial charge < -0.3 is 4.90 Å². The summed E-state index contributed by atoms with van der Waals surface area (Å²) in [6.45, 7) is 0.266. The van der Waals surface area contributed by atoms with Crippen molar-refractivity contribution in [3.8, 4) is 0 Å². The lowest BCUT2D eigenvalue weighted by Gasteiger charge is -2.18. The van der Waals surface area contributed by atoms with Crippen molar-refractivity contribution in [2.45, 2.75) is 19.1 Å². The quantitative estimate of drug-likeness (QED) is 0.639. The molecule has 0 N–H and O–H groups in total. The van der Waals surface area contributed by atoms with Gasteiger partial charge in [0.25, 0.3) is 0 Å². The Balaban J connectivity index is 1.70. The molecule has 0 radical (unpaired) electrons. The number of amides is 1.